The lowest BCUT2D eigenvalue weighted by atomic mass is 9.97. The molecule has 0 unspecified atom stereocenters. The number of benzene rings is 2. The number of ether oxygens (including phenoxy) is 1. The highest BCUT2D eigenvalue weighted by Gasteiger charge is 2.25. The smallest absolute Gasteiger partial charge is 0.182 e. The largest absolute Gasteiger partial charge is 0.485 e. The number of hydrogen-bond donors (Lipinski definition) is 0. The van der Waals surface area contributed by atoms with Crippen LogP contribution in [-0.4, -0.2) is 5.16 Å². The molecule has 3 nitrogen and oxygen atoms in total. The van der Waals surface area contributed by atoms with Gasteiger partial charge < -0.3 is 9.26 Å². The molecule has 20 heavy (non-hydrogen) atoms. The van der Waals surface area contributed by atoms with Crippen LogP contribution in [-0.2, 0) is 6.61 Å². The van der Waals surface area contributed by atoms with Crippen molar-refractivity contribution in [3.63, 3.8) is 0 Å². The minimum atomic E-state index is 0.410. The zero-order valence-electron chi connectivity index (χ0n) is 10.5. The van der Waals surface area contributed by atoms with Crippen LogP contribution in [0.4, 0.5) is 0 Å². The van der Waals surface area contributed by atoms with Crippen molar-refractivity contribution >= 4 is 11.6 Å². The molecule has 0 atom stereocenters. The first kappa shape index (κ1) is 11.6. The van der Waals surface area contributed by atoms with Gasteiger partial charge in [-0.15, -0.1) is 0 Å². The average Bonchev–Trinajstić information content (AvgIpc) is 2.92. The van der Waals surface area contributed by atoms with E-state index in [-0.39, 0.29) is 0 Å². The number of fused-ring (bicyclic) bond motifs is 3. The number of aromatic nitrogens is 1. The molecule has 0 spiro atoms. The molecule has 1 aliphatic rings. The van der Waals surface area contributed by atoms with E-state index >= 15 is 0 Å². The van der Waals surface area contributed by atoms with E-state index in [0.29, 0.717) is 11.6 Å². The molecule has 0 bridgehead atoms. The standard InChI is InChI=1S/C16H10ClNO2/c17-11-7-5-10(6-8-11)16-15-12-3-1-2-4-13(12)19-9-14(15)20-18-16/h1-8H,9H2. The average molecular weight is 284 g/mol. The van der Waals surface area contributed by atoms with Crippen LogP contribution in [0.15, 0.2) is 53.1 Å². The molecular weight excluding hydrogens is 274 g/mol. The maximum Gasteiger partial charge on any atom is 0.182 e. The molecule has 4 heteroatoms. The summed E-state index contributed by atoms with van der Waals surface area (Å²) >= 11 is 5.93. The van der Waals surface area contributed by atoms with Crippen LogP contribution in [0.3, 0.4) is 0 Å². The molecule has 0 saturated carbocycles. The van der Waals surface area contributed by atoms with Gasteiger partial charge in [0.1, 0.15) is 18.1 Å². The van der Waals surface area contributed by atoms with Gasteiger partial charge in [0, 0.05) is 16.1 Å². The van der Waals surface area contributed by atoms with Crippen molar-refractivity contribution in [2.45, 2.75) is 6.61 Å². The number of rotatable bonds is 1. The van der Waals surface area contributed by atoms with E-state index in [2.05, 4.69) is 5.16 Å². The molecule has 0 aliphatic carbocycles. The maximum absolute atomic E-state index is 5.93. The van der Waals surface area contributed by atoms with Crippen molar-refractivity contribution in [2.75, 3.05) is 0 Å². The third-order valence-electron chi connectivity index (χ3n) is 3.40. The van der Waals surface area contributed by atoms with Gasteiger partial charge in [0.15, 0.2) is 5.76 Å². The first-order chi connectivity index (χ1) is 9.83. The predicted octanol–water partition coefficient (Wildman–Crippen LogP) is 4.55. The molecule has 1 aromatic heterocycles. The highest BCUT2D eigenvalue weighted by molar-refractivity contribution is 6.30. The van der Waals surface area contributed by atoms with Crippen LogP contribution >= 0.6 is 11.6 Å². The van der Waals surface area contributed by atoms with E-state index in [1.807, 2.05) is 48.5 Å². The Morgan fingerprint density at radius 2 is 1.80 bits per heavy atom. The number of para-hydroxylation sites is 1. The topological polar surface area (TPSA) is 35.3 Å². The molecule has 98 valence electrons. The van der Waals surface area contributed by atoms with Gasteiger partial charge in [0.2, 0.25) is 0 Å². The summed E-state index contributed by atoms with van der Waals surface area (Å²) in [5.41, 5.74) is 3.83. The van der Waals surface area contributed by atoms with E-state index in [4.69, 9.17) is 20.9 Å². The summed E-state index contributed by atoms with van der Waals surface area (Å²) in [7, 11) is 0. The first-order valence-electron chi connectivity index (χ1n) is 6.29. The molecule has 0 radical (unpaired) electrons. The molecule has 3 aromatic rings. The van der Waals surface area contributed by atoms with Crippen LogP contribution < -0.4 is 4.74 Å². The van der Waals surface area contributed by atoms with Crippen molar-refractivity contribution < 1.29 is 9.26 Å². The monoisotopic (exact) mass is 283 g/mol. The third kappa shape index (κ3) is 1.71. The zero-order valence-corrected chi connectivity index (χ0v) is 11.2. The molecule has 0 amide bonds. The van der Waals surface area contributed by atoms with E-state index in [1.54, 1.807) is 0 Å². The normalized spacial score (nSPS) is 12.4. The predicted molar refractivity (Wildman–Crippen MR) is 76.7 cm³/mol. The fraction of sp³-hybridized carbons (Fsp3) is 0.0625. The molecule has 4 rings (SSSR count). The Kier molecular flexibility index (Phi) is 2.54. The molecule has 0 fully saturated rings. The van der Waals surface area contributed by atoms with E-state index in [9.17, 15) is 0 Å². The van der Waals surface area contributed by atoms with Crippen molar-refractivity contribution in [1.29, 1.82) is 0 Å². The highest BCUT2D eigenvalue weighted by atomic mass is 35.5. The Balaban J connectivity index is 1.93. The Morgan fingerprint density at radius 3 is 2.65 bits per heavy atom. The summed E-state index contributed by atoms with van der Waals surface area (Å²) in [6, 6.07) is 15.5. The van der Waals surface area contributed by atoms with Gasteiger partial charge in [0.25, 0.3) is 0 Å². The van der Waals surface area contributed by atoms with E-state index in [0.717, 1.165) is 33.9 Å². The highest BCUT2D eigenvalue weighted by Crippen LogP contribution is 2.42. The summed E-state index contributed by atoms with van der Waals surface area (Å²) < 4.78 is 11.1. The van der Waals surface area contributed by atoms with Gasteiger partial charge in [-0.1, -0.05) is 47.1 Å². The second kappa shape index (κ2) is 4.39. The maximum atomic E-state index is 5.93. The van der Waals surface area contributed by atoms with Gasteiger partial charge in [-0.25, -0.2) is 0 Å². The van der Waals surface area contributed by atoms with Crippen LogP contribution in [0.25, 0.3) is 22.4 Å². The molecular formula is C16H10ClNO2. The first-order valence-corrected chi connectivity index (χ1v) is 6.67. The molecule has 0 N–H and O–H groups in total. The van der Waals surface area contributed by atoms with Gasteiger partial charge >= 0.3 is 0 Å². The molecule has 2 aromatic carbocycles. The van der Waals surface area contributed by atoms with E-state index in [1.165, 1.54) is 0 Å². The van der Waals surface area contributed by atoms with Gasteiger partial charge in [-0.05, 0) is 18.2 Å². The van der Waals surface area contributed by atoms with Gasteiger partial charge in [-0.3, -0.25) is 0 Å². The summed E-state index contributed by atoms with van der Waals surface area (Å²) in [5.74, 6) is 1.62. The second-order valence-electron chi connectivity index (χ2n) is 4.62. The second-order valence-corrected chi connectivity index (χ2v) is 5.06. The van der Waals surface area contributed by atoms with Gasteiger partial charge in [0.05, 0.1) is 5.56 Å². The Bertz CT molecular complexity index is 777. The minimum Gasteiger partial charge on any atom is -0.485 e. The number of hydrogen-bond acceptors (Lipinski definition) is 3. The fourth-order valence-electron chi connectivity index (χ4n) is 2.45. The number of nitrogens with zero attached hydrogens (tertiary/aromatic N) is 1. The van der Waals surface area contributed by atoms with Crippen molar-refractivity contribution in [2.24, 2.45) is 0 Å². The van der Waals surface area contributed by atoms with Gasteiger partial charge in [-0.2, -0.15) is 0 Å². The molecule has 1 aliphatic heterocycles. The minimum absolute atomic E-state index is 0.410. The summed E-state index contributed by atoms with van der Waals surface area (Å²) in [4.78, 5) is 0. The molecule has 2 heterocycles. The van der Waals surface area contributed by atoms with Crippen LogP contribution in [0.1, 0.15) is 5.76 Å². The Morgan fingerprint density at radius 1 is 1.00 bits per heavy atom. The lowest BCUT2D eigenvalue weighted by Gasteiger charge is -2.16. The lowest BCUT2D eigenvalue weighted by Crippen LogP contribution is -2.03. The quantitative estimate of drug-likeness (QED) is 0.657. The fourth-order valence-corrected chi connectivity index (χ4v) is 2.57. The lowest BCUT2D eigenvalue weighted by molar-refractivity contribution is 0.246. The number of halogens is 1. The third-order valence-corrected chi connectivity index (χ3v) is 3.65. The Labute approximate surface area is 120 Å². The van der Waals surface area contributed by atoms with Crippen molar-refractivity contribution in [3.05, 3.63) is 59.3 Å². The van der Waals surface area contributed by atoms with Crippen LogP contribution in [0.2, 0.25) is 5.02 Å². The van der Waals surface area contributed by atoms with E-state index < -0.39 is 0 Å². The summed E-state index contributed by atoms with van der Waals surface area (Å²) in [5, 5.41) is 4.90. The SMILES string of the molecule is Clc1ccc(-c2noc3c2-c2ccccc2OC3)cc1. The van der Waals surface area contributed by atoms with Crippen molar-refractivity contribution in [3.8, 4) is 28.1 Å². The molecule has 0 saturated heterocycles. The van der Waals surface area contributed by atoms with Crippen LogP contribution in [0.5, 0.6) is 5.75 Å². The zero-order chi connectivity index (χ0) is 13.5. The Hall–Kier alpha value is -2.26. The summed E-state index contributed by atoms with van der Waals surface area (Å²) in [6.45, 7) is 0.410. The summed E-state index contributed by atoms with van der Waals surface area (Å²) in [6.07, 6.45) is 0. The van der Waals surface area contributed by atoms with Crippen molar-refractivity contribution in [1.82, 2.24) is 5.16 Å². The van der Waals surface area contributed by atoms with Crippen LogP contribution in [0, 0.1) is 0 Å².